The van der Waals surface area contributed by atoms with Crippen LogP contribution in [0.3, 0.4) is 0 Å². The molecule has 3 heterocycles. The van der Waals surface area contributed by atoms with E-state index in [9.17, 15) is 4.79 Å². The third-order valence-electron chi connectivity index (χ3n) is 5.48. The largest absolute Gasteiger partial charge is 0.281 e. The van der Waals surface area contributed by atoms with Gasteiger partial charge in [0.2, 0.25) is 0 Å². The molecular weight excluding hydrogens is 495 g/mol. The Morgan fingerprint density at radius 3 is 2.58 bits per heavy atom. The van der Waals surface area contributed by atoms with Gasteiger partial charge in [-0.25, -0.2) is 4.98 Å². The molecule has 9 heteroatoms. The zero-order valence-electron chi connectivity index (χ0n) is 18.2. The number of nitrogens with zero attached hydrogens (tertiary/aromatic N) is 4. The third kappa shape index (κ3) is 4.15. The van der Waals surface area contributed by atoms with Gasteiger partial charge in [0.05, 0.1) is 27.5 Å². The van der Waals surface area contributed by atoms with Crippen LogP contribution in [0.1, 0.15) is 26.6 Å². The summed E-state index contributed by atoms with van der Waals surface area (Å²) < 4.78 is 3.84. The Kier molecular flexibility index (Phi) is 5.91. The van der Waals surface area contributed by atoms with E-state index in [0.717, 1.165) is 37.3 Å². The summed E-state index contributed by atoms with van der Waals surface area (Å²) in [5.74, 6) is -0.162. The van der Waals surface area contributed by atoms with Crippen LogP contribution in [-0.4, -0.2) is 27.2 Å². The fourth-order valence-electron chi connectivity index (χ4n) is 3.91. The van der Waals surface area contributed by atoms with Gasteiger partial charge in [-0.1, -0.05) is 52.7 Å². The first kappa shape index (κ1) is 22.3. The van der Waals surface area contributed by atoms with Gasteiger partial charge in [-0.05, 0) is 50.6 Å². The lowest BCUT2D eigenvalue weighted by Gasteiger charge is -2.20. The molecule has 5 nitrogen and oxygen atoms in total. The molecule has 5 aromatic rings. The predicted octanol–water partition coefficient (Wildman–Crippen LogP) is 7.29. The van der Waals surface area contributed by atoms with Crippen LogP contribution in [0.2, 0.25) is 10.0 Å². The maximum atomic E-state index is 13.8. The monoisotopic (exact) mass is 514 g/mol. The Morgan fingerprint density at radius 2 is 1.85 bits per heavy atom. The molecule has 0 saturated heterocycles. The highest BCUT2D eigenvalue weighted by molar-refractivity contribution is 7.23. The van der Waals surface area contributed by atoms with Gasteiger partial charge in [0.15, 0.2) is 5.13 Å². The number of hydrogen-bond acceptors (Lipinski definition) is 5. The van der Waals surface area contributed by atoms with Crippen molar-refractivity contribution in [3.63, 3.8) is 0 Å². The van der Waals surface area contributed by atoms with Crippen LogP contribution in [-0.2, 0) is 6.54 Å². The maximum Gasteiger partial charge on any atom is 0.271 e. The normalized spacial score (nSPS) is 11.5. The Balaban J connectivity index is 1.58. The molecule has 2 aromatic carbocycles. The number of hydrogen-bond donors (Lipinski definition) is 0. The summed E-state index contributed by atoms with van der Waals surface area (Å²) in [5.41, 5.74) is 3.83. The van der Waals surface area contributed by atoms with Gasteiger partial charge in [-0.3, -0.25) is 14.4 Å². The van der Waals surface area contributed by atoms with Gasteiger partial charge < -0.3 is 0 Å². The summed E-state index contributed by atoms with van der Waals surface area (Å²) in [7, 11) is 0. The molecule has 0 radical (unpaired) electrons. The van der Waals surface area contributed by atoms with Crippen LogP contribution >= 0.6 is 45.9 Å². The molecule has 0 saturated carbocycles. The molecule has 5 rings (SSSR count). The average Bonchev–Trinajstić information content (AvgIpc) is 3.44. The summed E-state index contributed by atoms with van der Waals surface area (Å²) in [5, 5.41) is 7.20. The van der Waals surface area contributed by atoms with Crippen molar-refractivity contribution in [2.75, 3.05) is 11.4 Å². The van der Waals surface area contributed by atoms with Crippen molar-refractivity contribution >= 4 is 77.2 Å². The number of benzene rings is 2. The summed E-state index contributed by atoms with van der Waals surface area (Å²) in [6, 6.07) is 13.6. The lowest BCUT2D eigenvalue weighted by atomic mass is 10.2. The number of fused-ring (bicyclic) bond motifs is 2. The van der Waals surface area contributed by atoms with Crippen LogP contribution < -0.4 is 4.90 Å². The van der Waals surface area contributed by atoms with Gasteiger partial charge >= 0.3 is 0 Å². The molecule has 33 heavy (non-hydrogen) atoms. The number of halogens is 2. The molecule has 0 aliphatic rings. The lowest BCUT2D eigenvalue weighted by Crippen LogP contribution is -2.34. The molecule has 0 spiro atoms. The minimum Gasteiger partial charge on any atom is -0.281 e. The van der Waals surface area contributed by atoms with Crippen LogP contribution in [0.15, 0.2) is 42.5 Å². The topological polar surface area (TPSA) is 51.0 Å². The van der Waals surface area contributed by atoms with Crippen LogP contribution in [0, 0.1) is 20.8 Å². The molecule has 0 aliphatic carbocycles. The van der Waals surface area contributed by atoms with Crippen LogP contribution in [0.5, 0.6) is 0 Å². The lowest BCUT2D eigenvalue weighted by molar-refractivity contribution is 0.0990. The molecule has 0 aliphatic heterocycles. The zero-order valence-corrected chi connectivity index (χ0v) is 21.4. The second kappa shape index (κ2) is 8.72. The minimum atomic E-state index is -0.162. The molecule has 1 amide bonds. The van der Waals surface area contributed by atoms with Crippen molar-refractivity contribution in [3.8, 4) is 0 Å². The van der Waals surface area contributed by atoms with E-state index in [4.69, 9.17) is 28.2 Å². The van der Waals surface area contributed by atoms with E-state index in [-0.39, 0.29) is 5.91 Å². The highest BCUT2D eigenvalue weighted by atomic mass is 35.5. The standard InChI is InChI=1S/C24H20Cl2N4OS2/c1-13-10-16(25)12-19-21(13)27-24(33-19)29(8-9-30-15(3)11-14(2)28-30)23(31)22-20(26)17-6-4-5-7-18(17)32-22/h4-7,10-12H,8-9H2,1-3H3. The molecular formula is C24H20Cl2N4OS2. The number of thiophene rings is 1. The molecule has 0 N–H and O–H groups in total. The zero-order chi connectivity index (χ0) is 23.3. The van der Waals surface area contributed by atoms with Crippen molar-refractivity contribution < 1.29 is 4.79 Å². The highest BCUT2D eigenvalue weighted by Gasteiger charge is 2.26. The molecule has 0 atom stereocenters. The summed E-state index contributed by atoms with van der Waals surface area (Å²) >= 11 is 15.8. The fourth-order valence-corrected chi connectivity index (χ4v) is 6.82. The molecule has 0 fully saturated rings. The highest BCUT2D eigenvalue weighted by Crippen LogP contribution is 2.38. The van der Waals surface area contributed by atoms with Gasteiger partial charge in [0.1, 0.15) is 4.88 Å². The van der Waals surface area contributed by atoms with Crippen molar-refractivity contribution in [2.24, 2.45) is 0 Å². The summed E-state index contributed by atoms with van der Waals surface area (Å²) in [6.07, 6.45) is 0. The smallest absolute Gasteiger partial charge is 0.271 e. The molecule has 168 valence electrons. The van der Waals surface area contributed by atoms with E-state index in [1.54, 1.807) is 4.90 Å². The third-order valence-corrected chi connectivity index (χ3v) is 8.39. The molecule has 0 bridgehead atoms. The van der Waals surface area contributed by atoms with Crippen molar-refractivity contribution in [2.45, 2.75) is 27.3 Å². The summed E-state index contributed by atoms with van der Waals surface area (Å²) in [6.45, 7) is 6.91. The second-order valence-electron chi connectivity index (χ2n) is 7.91. The quantitative estimate of drug-likeness (QED) is 0.247. The first-order valence-corrected chi connectivity index (χ1v) is 12.8. The Bertz CT molecular complexity index is 1520. The first-order valence-electron chi connectivity index (χ1n) is 10.4. The predicted molar refractivity (Wildman–Crippen MR) is 140 cm³/mol. The molecule has 0 unspecified atom stereocenters. The second-order valence-corrected chi connectivity index (χ2v) is 10.8. The van der Waals surface area contributed by atoms with Crippen molar-refractivity contribution in [1.29, 1.82) is 0 Å². The number of carbonyl (C=O) groups is 1. The minimum absolute atomic E-state index is 0.162. The average molecular weight is 515 g/mol. The fraction of sp³-hybridized carbons (Fsp3) is 0.208. The van der Waals surface area contributed by atoms with E-state index in [0.29, 0.717) is 33.1 Å². The number of aromatic nitrogens is 3. The number of thiazole rings is 1. The summed E-state index contributed by atoms with van der Waals surface area (Å²) in [4.78, 5) is 20.9. The van der Waals surface area contributed by atoms with Gasteiger partial charge in [-0.2, -0.15) is 5.10 Å². The number of rotatable bonds is 5. The van der Waals surface area contributed by atoms with E-state index >= 15 is 0 Å². The molecule has 3 aromatic heterocycles. The van der Waals surface area contributed by atoms with E-state index in [1.807, 2.05) is 67.9 Å². The van der Waals surface area contributed by atoms with E-state index < -0.39 is 0 Å². The maximum absolute atomic E-state index is 13.8. The van der Waals surface area contributed by atoms with Crippen LogP contribution in [0.25, 0.3) is 20.3 Å². The van der Waals surface area contributed by atoms with Crippen LogP contribution in [0.4, 0.5) is 5.13 Å². The SMILES string of the molecule is Cc1cc(C)n(CCN(C(=O)c2sc3ccccc3c2Cl)c2nc3c(C)cc(Cl)cc3s2)n1. The van der Waals surface area contributed by atoms with Gasteiger partial charge in [0.25, 0.3) is 5.91 Å². The van der Waals surface area contributed by atoms with Crippen molar-refractivity contribution in [3.05, 3.63) is 74.3 Å². The van der Waals surface area contributed by atoms with Gasteiger partial charge in [0, 0.05) is 27.3 Å². The number of aryl methyl sites for hydroxylation is 3. The van der Waals surface area contributed by atoms with Crippen molar-refractivity contribution in [1.82, 2.24) is 14.8 Å². The first-order chi connectivity index (χ1) is 15.8. The number of amides is 1. The Labute approximate surface area is 209 Å². The van der Waals surface area contributed by atoms with E-state index in [1.165, 1.54) is 22.7 Å². The van der Waals surface area contributed by atoms with Gasteiger partial charge in [-0.15, -0.1) is 11.3 Å². The van der Waals surface area contributed by atoms with E-state index in [2.05, 4.69) is 5.10 Å². The Hall–Kier alpha value is -2.45. The number of carbonyl (C=O) groups excluding carboxylic acids is 1. The number of anilines is 1. The Morgan fingerprint density at radius 1 is 1.06 bits per heavy atom.